The minimum absolute atomic E-state index is 0.0764. The van der Waals surface area contributed by atoms with Crippen LogP contribution in [0.3, 0.4) is 0 Å². The molecule has 2 heterocycles. The number of rotatable bonds is 13. The summed E-state index contributed by atoms with van der Waals surface area (Å²) in [7, 11) is 0. The number of carbonyl (C=O) groups excluding carboxylic acids is 2. The van der Waals surface area contributed by atoms with Gasteiger partial charge in [-0.2, -0.15) is 0 Å². The van der Waals surface area contributed by atoms with Gasteiger partial charge in [0, 0.05) is 48.6 Å². The highest BCUT2D eigenvalue weighted by molar-refractivity contribution is 5.98. The van der Waals surface area contributed by atoms with Crippen molar-refractivity contribution in [3.8, 4) is 0 Å². The molecule has 3 aliphatic rings. The van der Waals surface area contributed by atoms with E-state index in [2.05, 4.69) is 5.32 Å². The molecule has 3 unspecified atom stereocenters. The van der Waals surface area contributed by atoms with Gasteiger partial charge in [0.1, 0.15) is 6.10 Å². The van der Waals surface area contributed by atoms with E-state index in [0.717, 1.165) is 25.3 Å². The number of carboxylic acids is 1. The zero-order chi connectivity index (χ0) is 25.6. The molecule has 2 fully saturated rings. The SMILES string of the molecule is CC/C=C\C[C@H]1[C@H](CC(=O)C(O)CCCCC/C=C/C(=O)O)O[C@@]2(O)CC13C(=CC2=O)NCC3O. The topological polar surface area (TPSA) is 153 Å². The lowest BCUT2D eigenvalue weighted by Gasteiger charge is -2.54. The quantitative estimate of drug-likeness (QED) is 0.147. The van der Waals surface area contributed by atoms with Gasteiger partial charge in [-0.05, 0) is 32.1 Å². The Morgan fingerprint density at radius 2 is 2.03 bits per heavy atom. The van der Waals surface area contributed by atoms with E-state index in [1.807, 2.05) is 19.1 Å². The van der Waals surface area contributed by atoms with Gasteiger partial charge in [-0.25, -0.2) is 4.79 Å². The molecule has 0 radical (unpaired) electrons. The van der Waals surface area contributed by atoms with Crippen LogP contribution in [0, 0.1) is 11.3 Å². The minimum atomic E-state index is -2.11. The number of carboxylic acid groups (broad SMARTS) is 1. The molecule has 9 nitrogen and oxygen atoms in total. The molecule has 2 bridgehead atoms. The second-order valence-electron chi connectivity index (χ2n) is 9.76. The normalized spacial score (nSPS) is 33.0. The maximum absolute atomic E-state index is 12.9. The van der Waals surface area contributed by atoms with Crippen molar-refractivity contribution in [1.82, 2.24) is 5.32 Å². The maximum Gasteiger partial charge on any atom is 0.327 e. The molecular formula is C26H37NO8. The number of carbonyl (C=O) groups is 3. The van der Waals surface area contributed by atoms with Gasteiger partial charge in [0.05, 0.1) is 12.2 Å². The standard InChI is InChI=1S/C26H37NO8/c1-2-3-7-10-17-20(13-19(29)18(28)11-8-5-4-6-9-12-24(32)33)35-26(34)16-25(17)21(14-22(26)30)27-15-23(25)31/h3,7,9,12,14,17-18,20,23,27-28,31,34H,2,4-6,8,10-11,13,15-16H2,1H3,(H,32,33)/b7-3-,12-9+/t17-,18?,20-,23?,25?,26-/m0/s1. The molecule has 35 heavy (non-hydrogen) atoms. The second kappa shape index (κ2) is 11.6. The molecule has 2 aliphatic heterocycles. The zero-order valence-corrected chi connectivity index (χ0v) is 20.2. The summed E-state index contributed by atoms with van der Waals surface area (Å²) in [6, 6.07) is 0. The Bertz CT molecular complexity index is 896. The van der Waals surface area contributed by atoms with E-state index in [1.54, 1.807) is 6.08 Å². The van der Waals surface area contributed by atoms with E-state index in [-0.39, 0.29) is 31.7 Å². The van der Waals surface area contributed by atoms with Crippen molar-refractivity contribution >= 4 is 17.5 Å². The van der Waals surface area contributed by atoms with E-state index < -0.39 is 47.0 Å². The fraction of sp³-hybridized carbons (Fsp3) is 0.654. The summed E-state index contributed by atoms with van der Waals surface area (Å²) in [6.07, 6.45) is 9.07. The molecule has 0 aromatic carbocycles. The Morgan fingerprint density at radius 3 is 2.74 bits per heavy atom. The van der Waals surface area contributed by atoms with Gasteiger partial charge in [-0.15, -0.1) is 0 Å². The number of unbranched alkanes of at least 4 members (excludes halogenated alkanes) is 3. The van der Waals surface area contributed by atoms with E-state index in [1.165, 1.54) is 6.08 Å². The highest BCUT2D eigenvalue weighted by Gasteiger charge is 2.66. The predicted octanol–water partition coefficient (Wildman–Crippen LogP) is 1.76. The number of hydrogen-bond donors (Lipinski definition) is 5. The van der Waals surface area contributed by atoms with Crippen LogP contribution in [0.1, 0.15) is 64.7 Å². The number of Topliss-reactive ketones (excluding diaryl/α,β-unsaturated/α-hetero) is 1. The van der Waals surface area contributed by atoms with Crippen LogP contribution in [0.5, 0.6) is 0 Å². The van der Waals surface area contributed by atoms with Gasteiger partial charge in [0.15, 0.2) is 5.78 Å². The van der Waals surface area contributed by atoms with Crippen molar-refractivity contribution in [3.05, 3.63) is 36.1 Å². The first kappa shape index (κ1) is 27.3. The number of ketones is 2. The van der Waals surface area contributed by atoms with Crippen molar-refractivity contribution in [2.45, 2.75) is 88.8 Å². The molecule has 0 amide bonds. The van der Waals surface area contributed by atoms with Crippen LogP contribution in [-0.4, -0.2) is 68.6 Å². The van der Waals surface area contributed by atoms with E-state index in [9.17, 15) is 29.7 Å². The minimum Gasteiger partial charge on any atom is -0.478 e. The molecule has 6 atom stereocenters. The van der Waals surface area contributed by atoms with E-state index >= 15 is 0 Å². The maximum atomic E-state index is 12.9. The lowest BCUT2D eigenvalue weighted by atomic mass is 9.58. The van der Waals surface area contributed by atoms with Crippen molar-refractivity contribution in [2.75, 3.05) is 6.54 Å². The highest BCUT2D eigenvalue weighted by Crippen LogP contribution is 2.57. The number of ether oxygens (including phenoxy) is 1. The zero-order valence-electron chi connectivity index (χ0n) is 20.2. The molecule has 9 heteroatoms. The third-order valence-electron chi connectivity index (χ3n) is 7.41. The summed E-state index contributed by atoms with van der Waals surface area (Å²) in [4.78, 5) is 36.0. The van der Waals surface area contributed by atoms with Crippen LogP contribution >= 0.6 is 0 Å². The van der Waals surface area contributed by atoms with E-state index in [0.29, 0.717) is 25.0 Å². The lowest BCUT2D eigenvalue weighted by Crippen LogP contribution is -2.63. The third kappa shape index (κ3) is 5.91. The molecule has 3 rings (SSSR count). The Kier molecular flexibility index (Phi) is 9.04. The van der Waals surface area contributed by atoms with Crippen LogP contribution in [0.2, 0.25) is 0 Å². The Hall–Kier alpha value is -2.33. The largest absolute Gasteiger partial charge is 0.478 e. The number of β-amino-alcohol motifs (C(OH)–C–C–N with tert-alkyl or cyclic N) is 1. The van der Waals surface area contributed by atoms with E-state index in [4.69, 9.17) is 9.84 Å². The van der Waals surface area contributed by atoms with Crippen molar-refractivity contribution in [3.63, 3.8) is 0 Å². The molecule has 0 aromatic rings. The second-order valence-corrected chi connectivity index (χ2v) is 9.76. The Morgan fingerprint density at radius 1 is 1.26 bits per heavy atom. The van der Waals surface area contributed by atoms with Crippen LogP contribution in [-0.2, 0) is 19.1 Å². The summed E-state index contributed by atoms with van der Waals surface area (Å²) in [5.74, 6) is -4.50. The first-order valence-electron chi connectivity index (χ1n) is 12.5. The van der Waals surface area contributed by atoms with Crippen LogP contribution in [0.4, 0.5) is 0 Å². The monoisotopic (exact) mass is 491 g/mol. The van der Waals surface area contributed by atoms with Gasteiger partial charge in [-0.1, -0.05) is 38.0 Å². The number of nitrogens with one attached hydrogen (secondary N) is 1. The predicted molar refractivity (Wildman–Crippen MR) is 127 cm³/mol. The summed E-state index contributed by atoms with van der Waals surface area (Å²) in [6.45, 7) is 2.25. The fourth-order valence-electron chi connectivity index (χ4n) is 5.61. The number of aliphatic hydroxyl groups excluding tert-OH is 2. The number of allylic oxidation sites excluding steroid dienone is 3. The first-order valence-corrected chi connectivity index (χ1v) is 12.5. The number of fused-ring (bicyclic) bond motifs is 1. The molecule has 5 N–H and O–H groups in total. The molecule has 0 saturated carbocycles. The fourth-order valence-corrected chi connectivity index (χ4v) is 5.61. The van der Waals surface area contributed by atoms with Gasteiger partial charge < -0.3 is 30.5 Å². The summed E-state index contributed by atoms with van der Waals surface area (Å²) >= 11 is 0. The van der Waals surface area contributed by atoms with Gasteiger partial charge in [0.25, 0.3) is 0 Å². The average Bonchev–Trinajstić information content (AvgIpc) is 3.10. The summed E-state index contributed by atoms with van der Waals surface area (Å²) in [5.41, 5.74) is -0.355. The van der Waals surface area contributed by atoms with Crippen LogP contribution in [0.25, 0.3) is 0 Å². The molecule has 2 saturated heterocycles. The Labute approximate surface area is 205 Å². The third-order valence-corrected chi connectivity index (χ3v) is 7.41. The summed E-state index contributed by atoms with van der Waals surface area (Å²) < 4.78 is 5.86. The molecule has 0 aromatic heterocycles. The first-order chi connectivity index (χ1) is 16.6. The van der Waals surface area contributed by atoms with Gasteiger partial charge in [-0.3, -0.25) is 9.59 Å². The van der Waals surface area contributed by atoms with Gasteiger partial charge >= 0.3 is 5.97 Å². The summed E-state index contributed by atoms with van der Waals surface area (Å²) in [5, 5.41) is 44.2. The highest BCUT2D eigenvalue weighted by atomic mass is 16.6. The molecule has 194 valence electrons. The van der Waals surface area contributed by atoms with Crippen LogP contribution in [0.15, 0.2) is 36.1 Å². The number of aliphatic carboxylic acids is 1. The Balaban J connectivity index is 1.68. The van der Waals surface area contributed by atoms with Crippen molar-refractivity contribution < 1.29 is 39.5 Å². The lowest BCUT2D eigenvalue weighted by molar-refractivity contribution is -0.286. The number of aliphatic hydroxyl groups is 3. The molecule has 1 aliphatic carbocycles. The smallest absolute Gasteiger partial charge is 0.327 e. The van der Waals surface area contributed by atoms with Crippen molar-refractivity contribution in [1.29, 1.82) is 0 Å². The number of hydrogen-bond acceptors (Lipinski definition) is 8. The van der Waals surface area contributed by atoms with Gasteiger partial charge in [0.2, 0.25) is 11.6 Å². The van der Waals surface area contributed by atoms with Crippen LogP contribution < -0.4 is 5.32 Å². The average molecular weight is 492 g/mol. The molecular weight excluding hydrogens is 454 g/mol. The molecule has 1 spiro atoms. The van der Waals surface area contributed by atoms with Crippen molar-refractivity contribution in [2.24, 2.45) is 11.3 Å².